The number of nitrogens with one attached hydrogen (secondary N) is 2. The van der Waals surface area contributed by atoms with E-state index in [2.05, 4.69) is 10.6 Å². The molecule has 0 unspecified atom stereocenters. The molecule has 0 heterocycles. The monoisotopic (exact) mass is 304 g/mol. The topological polar surface area (TPSA) is 95.5 Å². The first-order valence-corrected chi connectivity index (χ1v) is 7.43. The Kier molecular flexibility index (Phi) is 5.14. The predicted octanol–water partition coefficient (Wildman–Crippen LogP) is 2.47. The number of anilines is 2. The number of benzene rings is 1. The molecule has 3 N–H and O–H groups in total. The van der Waals surface area contributed by atoms with Crippen molar-refractivity contribution >= 4 is 29.2 Å². The van der Waals surface area contributed by atoms with Crippen LogP contribution in [0.25, 0.3) is 0 Å². The van der Waals surface area contributed by atoms with E-state index in [1.54, 1.807) is 31.2 Å². The van der Waals surface area contributed by atoms with E-state index < -0.39 is 11.9 Å². The van der Waals surface area contributed by atoms with Crippen LogP contribution in [0.5, 0.6) is 0 Å². The highest BCUT2D eigenvalue weighted by Crippen LogP contribution is 2.32. The van der Waals surface area contributed by atoms with Crippen molar-refractivity contribution in [3.05, 3.63) is 24.3 Å². The van der Waals surface area contributed by atoms with Crippen molar-refractivity contribution in [2.45, 2.75) is 32.6 Å². The summed E-state index contributed by atoms with van der Waals surface area (Å²) in [5, 5.41) is 14.5. The molecule has 0 aliphatic heterocycles. The first-order valence-electron chi connectivity index (χ1n) is 7.43. The zero-order chi connectivity index (χ0) is 16.1. The number of hydrogen-bond acceptors (Lipinski definition) is 3. The number of carbonyl (C=O) groups excluding carboxylic acids is 2. The summed E-state index contributed by atoms with van der Waals surface area (Å²) in [4.78, 5) is 34.3. The second-order valence-electron chi connectivity index (χ2n) is 5.51. The fourth-order valence-electron chi connectivity index (χ4n) is 2.57. The Balaban J connectivity index is 1.89. The summed E-state index contributed by atoms with van der Waals surface area (Å²) in [6, 6.07) is 6.87. The van der Waals surface area contributed by atoms with Crippen LogP contribution >= 0.6 is 0 Å². The van der Waals surface area contributed by atoms with Crippen LogP contribution in [0.2, 0.25) is 0 Å². The molecule has 1 aromatic rings. The third-order valence-corrected chi connectivity index (χ3v) is 3.91. The third kappa shape index (κ3) is 4.07. The Hall–Kier alpha value is -2.37. The molecule has 2 amide bonds. The fraction of sp³-hybridized carbons (Fsp3) is 0.438. The van der Waals surface area contributed by atoms with Crippen molar-refractivity contribution in [3.63, 3.8) is 0 Å². The van der Waals surface area contributed by atoms with Gasteiger partial charge in [0.1, 0.15) is 0 Å². The molecular formula is C16H20N2O4. The second-order valence-corrected chi connectivity index (χ2v) is 5.51. The molecule has 2 atom stereocenters. The molecule has 1 fully saturated rings. The summed E-state index contributed by atoms with van der Waals surface area (Å²) in [6.45, 7) is 1.77. The first-order chi connectivity index (χ1) is 10.5. The minimum absolute atomic E-state index is 0.0672. The molecule has 6 nitrogen and oxygen atoms in total. The van der Waals surface area contributed by atoms with Gasteiger partial charge in [0.25, 0.3) is 0 Å². The molecule has 1 aromatic carbocycles. The zero-order valence-corrected chi connectivity index (χ0v) is 12.5. The number of aliphatic carboxylic acids is 1. The van der Waals surface area contributed by atoms with Crippen LogP contribution in [-0.2, 0) is 14.4 Å². The molecule has 1 saturated carbocycles. The molecule has 0 radical (unpaired) electrons. The number of hydrogen-bond donors (Lipinski definition) is 3. The molecule has 22 heavy (non-hydrogen) atoms. The highest BCUT2D eigenvalue weighted by molar-refractivity contribution is 5.94. The minimum atomic E-state index is -0.827. The summed E-state index contributed by atoms with van der Waals surface area (Å²) in [7, 11) is 0. The maximum Gasteiger partial charge on any atom is 0.306 e. The van der Waals surface area contributed by atoms with Crippen LogP contribution in [0, 0.1) is 11.8 Å². The maximum atomic E-state index is 12.1. The Morgan fingerprint density at radius 2 is 1.59 bits per heavy atom. The average molecular weight is 304 g/mol. The Labute approximate surface area is 128 Å². The number of carboxylic acids is 1. The molecule has 0 spiro atoms. The van der Waals surface area contributed by atoms with Crippen LogP contribution in [-0.4, -0.2) is 22.9 Å². The Bertz CT molecular complexity index is 568. The lowest BCUT2D eigenvalue weighted by atomic mass is 10.0. The summed E-state index contributed by atoms with van der Waals surface area (Å²) in [5.74, 6) is -1.70. The molecule has 118 valence electrons. The number of carbonyl (C=O) groups is 3. The van der Waals surface area contributed by atoms with Gasteiger partial charge >= 0.3 is 5.97 Å². The maximum absolute atomic E-state index is 12.1. The molecule has 6 heteroatoms. The van der Waals surface area contributed by atoms with Crippen LogP contribution < -0.4 is 10.6 Å². The van der Waals surface area contributed by atoms with Crippen LogP contribution in [0.3, 0.4) is 0 Å². The van der Waals surface area contributed by atoms with E-state index in [0.717, 1.165) is 0 Å². The SMILES string of the molecule is CCC(=O)Nc1ccc(NC(=O)[C@@H]2CC[C@H](C(=O)O)C2)cc1. The van der Waals surface area contributed by atoms with Crippen molar-refractivity contribution in [3.8, 4) is 0 Å². The van der Waals surface area contributed by atoms with Crippen molar-refractivity contribution in [1.29, 1.82) is 0 Å². The van der Waals surface area contributed by atoms with Crippen molar-refractivity contribution in [2.75, 3.05) is 10.6 Å². The molecule has 1 aliphatic rings. The third-order valence-electron chi connectivity index (χ3n) is 3.91. The standard InChI is InChI=1S/C16H20N2O4/c1-2-14(19)17-12-5-7-13(8-6-12)18-15(20)10-3-4-11(9-10)16(21)22/h5-8,10-11H,2-4,9H2,1H3,(H,17,19)(H,18,20)(H,21,22)/t10-,11+/m1/s1. The first kappa shape index (κ1) is 16.0. The van der Waals surface area contributed by atoms with Gasteiger partial charge in [-0.2, -0.15) is 0 Å². The Morgan fingerprint density at radius 3 is 2.09 bits per heavy atom. The van der Waals surface area contributed by atoms with Crippen LogP contribution in [0.1, 0.15) is 32.6 Å². The fourth-order valence-corrected chi connectivity index (χ4v) is 2.57. The van der Waals surface area contributed by atoms with E-state index in [9.17, 15) is 14.4 Å². The van der Waals surface area contributed by atoms with Gasteiger partial charge in [0, 0.05) is 23.7 Å². The van der Waals surface area contributed by atoms with Gasteiger partial charge < -0.3 is 15.7 Å². The van der Waals surface area contributed by atoms with Gasteiger partial charge in [-0.05, 0) is 43.5 Å². The van der Waals surface area contributed by atoms with E-state index in [1.807, 2.05) is 0 Å². The lowest BCUT2D eigenvalue weighted by molar-refractivity contribution is -0.141. The van der Waals surface area contributed by atoms with Crippen molar-refractivity contribution in [1.82, 2.24) is 0 Å². The van der Waals surface area contributed by atoms with Gasteiger partial charge in [-0.25, -0.2) is 0 Å². The van der Waals surface area contributed by atoms with E-state index in [1.165, 1.54) is 0 Å². The quantitative estimate of drug-likeness (QED) is 0.778. The largest absolute Gasteiger partial charge is 0.481 e. The molecule has 1 aliphatic carbocycles. The van der Waals surface area contributed by atoms with Gasteiger partial charge in [-0.15, -0.1) is 0 Å². The van der Waals surface area contributed by atoms with E-state index in [-0.39, 0.29) is 17.7 Å². The Morgan fingerprint density at radius 1 is 1.05 bits per heavy atom. The highest BCUT2D eigenvalue weighted by atomic mass is 16.4. The predicted molar refractivity (Wildman–Crippen MR) is 82.5 cm³/mol. The van der Waals surface area contributed by atoms with Crippen LogP contribution in [0.4, 0.5) is 11.4 Å². The molecular weight excluding hydrogens is 284 g/mol. The van der Waals surface area contributed by atoms with Crippen LogP contribution in [0.15, 0.2) is 24.3 Å². The van der Waals surface area contributed by atoms with E-state index in [4.69, 9.17) is 5.11 Å². The lowest BCUT2D eigenvalue weighted by Gasteiger charge is -2.11. The highest BCUT2D eigenvalue weighted by Gasteiger charge is 2.33. The smallest absolute Gasteiger partial charge is 0.306 e. The van der Waals surface area contributed by atoms with Gasteiger partial charge in [0.2, 0.25) is 11.8 Å². The van der Waals surface area contributed by atoms with E-state index >= 15 is 0 Å². The summed E-state index contributed by atoms with van der Waals surface area (Å²) in [5.41, 5.74) is 1.31. The second kappa shape index (κ2) is 7.06. The lowest BCUT2D eigenvalue weighted by Crippen LogP contribution is -2.21. The normalized spacial score (nSPS) is 20.4. The van der Waals surface area contributed by atoms with Crippen molar-refractivity contribution in [2.24, 2.45) is 11.8 Å². The summed E-state index contributed by atoms with van der Waals surface area (Å²) in [6.07, 6.45) is 1.96. The summed E-state index contributed by atoms with van der Waals surface area (Å²) >= 11 is 0. The molecule has 0 saturated heterocycles. The van der Waals surface area contributed by atoms with Gasteiger partial charge in [-0.3, -0.25) is 14.4 Å². The number of rotatable bonds is 5. The molecule has 0 aromatic heterocycles. The van der Waals surface area contributed by atoms with Crippen molar-refractivity contribution < 1.29 is 19.5 Å². The van der Waals surface area contributed by atoms with Gasteiger partial charge in [0.15, 0.2) is 0 Å². The number of amides is 2. The molecule has 0 bridgehead atoms. The molecule has 2 rings (SSSR count). The van der Waals surface area contributed by atoms with Gasteiger partial charge in [-0.1, -0.05) is 6.92 Å². The van der Waals surface area contributed by atoms with Gasteiger partial charge in [0.05, 0.1) is 5.92 Å². The minimum Gasteiger partial charge on any atom is -0.481 e. The zero-order valence-electron chi connectivity index (χ0n) is 12.5. The summed E-state index contributed by atoms with van der Waals surface area (Å²) < 4.78 is 0. The van der Waals surface area contributed by atoms with E-state index in [0.29, 0.717) is 37.1 Å². The number of carboxylic acid groups (broad SMARTS) is 1. The average Bonchev–Trinajstić information content (AvgIpc) is 2.99.